The highest BCUT2D eigenvalue weighted by atomic mass is 16.5. The van der Waals surface area contributed by atoms with Gasteiger partial charge in [0.15, 0.2) is 11.5 Å². The number of nitrogens with two attached hydrogens (primary N) is 1. The summed E-state index contributed by atoms with van der Waals surface area (Å²) in [7, 11) is 3.15. The van der Waals surface area contributed by atoms with Crippen LogP contribution in [-0.2, 0) is 13.2 Å². The van der Waals surface area contributed by atoms with Crippen molar-refractivity contribution >= 4 is 0 Å². The lowest BCUT2D eigenvalue weighted by Crippen LogP contribution is -2.07. The maximum absolute atomic E-state index is 5.77. The fourth-order valence-corrected chi connectivity index (χ4v) is 1.97. The van der Waals surface area contributed by atoms with E-state index in [1.54, 1.807) is 26.5 Å². The predicted molar refractivity (Wildman–Crippen MR) is 78.5 cm³/mol. The second-order valence-corrected chi connectivity index (χ2v) is 4.38. The second kappa shape index (κ2) is 6.90. The fraction of sp³-hybridized carbons (Fsp3) is 0.333. The molecule has 0 spiro atoms. The molecular formula is C15H19N3O3. The Hall–Kier alpha value is -2.34. The van der Waals surface area contributed by atoms with E-state index in [2.05, 4.69) is 9.97 Å². The topological polar surface area (TPSA) is 79.5 Å². The summed E-state index contributed by atoms with van der Waals surface area (Å²) in [4.78, 5) is 8.62. The predicted octanol–water partition coefficient (Wildman–Crippen LogP) is 1.84. The van der Waals surface area contributed by atoms with Gasteiger partial charge in [0.2, 0.25) is 0 Å². The highest BCUT2D eigenvalue weighted by molar-refractivity contribution is 5.42. The lowest BCUT2D eigenvalue weighted by molar-refractivity contribution is 0.281. The van der Waals surface area contributed by atoms with E-state index in [-0.39, 0.29) is 6.61 Å². The van der Waals surface area contributed by atoms with E-state index in [0.717, 1.165) is 11.4 Å². The van der Waals surface area contributed by atoms with E-state index >= 15 is 0 Å². The Morgan fingerprint density at radius 2 is 1.86 bits per heavy atom. The number of pyridine rings is 2. The zero-order valence-corrected chi connectivity index (χ0v) is 12.4. The second-order valence-electron chi connectivity index (χ2n) is 4.38. The molecule has 0 amide bonds. The van der Waals surface area contributed by atoms with Gasteiger partial charge in [-0.1, -0.05) is 0 Å². The minimum absolute atomic E-state index is 0.248. The lowest BCUT2D eigenvalue weighted by Gasteiger charge is -2.13. The van der Waals surface area contributed by atoms with Crippen molar-refractivity contribution in [2.24, 2.45) is 5.73 Å². The molecule has 0 aromatic carbocycles. The van der Waals surface area contributed by atoms with E-state index in [4.69, 9.17) is 19.9 Å². The van der Waals surface area contributed by atoms with Crippen LogP contribution in [0.2, 0.25) is 0 Å². The van der Waals surface area contributed by atoms with Crippen molar-refractivity contribution in [3.63, 3.8) is 0 Å². The van der Waals surface area contributed by atoms with Gasteiger partial charge >= 0.3 is 0 Å². The number of aryl methyl sites for hydroxylation is 1. The van der Waals surface area contributed by atoms with Gasteiger partial charge in [-0.2, -0.15) is 0 Å². The summed E-state index contributed by atoms with van der Waals surface area (Å²) in [6.45, 7) is 2.48. The molecule has 2 aromatic rings. The molecule has 0 saturated heterocycles. The van der Waals surface area contributed by atoms with Crippen LogP contribution in [0.1, 0.15) is 17.1 Å². The number of rotatable bonds is 6. The molecule has 0 radical (unpaired) electrons. The fourth-order valence-electron chi connectivity index (χ4n) is 1.97. The van der Waals surface area contributed by atoms with Gasteiger partial charge in [-0.25, -0.2) is 0 Å². The summed E-state index contributed by atoms with van der Waals surface area (Å²) >= 11 is 0. The minimum Gasteiger partial charge on any atom is -0.493 e. The van der Waals surface area contributed by atoms with Gasteiger partial charge in [0.25, 0.3) is 0 Å². The largest absolute Gasteiger partial charge is 0.493 e. The molecule has 0 atom stereocenters. The quantitative estimate of drug-likeness (QED) is 0.874. The van der Waals surface area contributed by atoms with Crippen LogP contribution in [0.25, 0.3) is 0 Å². The van der Waals surface area contributed by atoms with Crippen LogP contribution in [0.3, 0.4) is 0 Å². The first kappa shape index (κ1) is 15.1. The maximum atomic E-state index is 5.77. The smallest absolute Gasteiger partial charge is 0.185 e. The lowest BCUT2D eigenvalue weighted by atomic mass is 10.2. The molecule has 2 rings (SSSR count). The monoisotopic (exact) mass is 289 g/mol. The molecule has 0 aliphatic heterocycles. The highest BCUT2D eigenvalue weighted by Gasteiger charge is 2.13. The summed E-state index contributed by atoms with van der Waals surface area (Å²) in [5.41, 5.74) is 7.96. The molecule has 0 saturated carbocycles. The molecule has 0 fully saturated rings. The Morgan fingerprint density at radius 3 is 2.52 bits per heavy atom. The maximum Gasteiger partial charge on any atom is 0.185 e. The Bertz CT molecular complexity index is 617. The molecule has 0 aliphatic rings. The third-order valence-electron chi connectivity index (χ3n) is 3.00. The average Bonchev–Trinajstić information content (AvgIpc) is 2.52. The van der Waals surface area contributed by atoms with E-state index in [1.807, 2.05) is 19.1 Å². The van der Waals surface area contributed by atoms with Crippen molar-refractivity contribution in [2.75, 3.05) is 14.2 Å². The van der Waals surface area contributed by atoms with E-state index in [9.17, 15) is 0 Å². The molecule has 21 heavy (non-hydrogen) atoms. The van der Waals surface area contributed by atoms with E-state index < -0.39 is 0 Å². The molecule has 0 bridgehead atoms. The van der Waals surface area contributed by atoms with Crippen LogP contribution in [0.15, 0.2) is 24.4 Å². The SMILES string of the molecule is COc1ccnc(COc2ccc(C)nc2CN)c1OC. The van der Waals surface area contributed by atoms with Crippen molar-refractivity contribution in [1.29, 1.82) is 0 Å². The molecule has 0 aliphatic carbocycles. The highest BCUT2D eigenvalue weighted by Crippen LogP contribution is 2.30. The van der Waals surface area contributed by atoms with Gasteiger partial charge in [0.1, 0.15) is 18.1 Å². The molecule has 6 nitrogen and oxygen atoms in total. The first-order valence-electron chi connectivity index (χ1n) is 6.54. The van der Waals surface area contributed by atoms with Crippen LogP contribution in [0.5, 0.6) is 17.2 Å². The first-order valence-corrected chi connectivity index (χ1v) is 6.54. The zero-order chi connectivity index (χ0) is 15.2. The summed E-state index contributed by atoms with van der Waals surface area (Å²) in [6.07, 6.45) is 1.65. The minimum atomic E-state index is 0.248. The summed E-state index contributed by atoms with van der Waals surface area (Å²) < 4.78 is 16.3. The Morgan fingerprint density at radius 1 is 1.05 bits per heavy atom. The number of hydrogen-bond acceptors (Lipinski definition) is 6. The van der Waals surface area contributed by atoms with Gasteiger partial charge < -0.3 is 19.9 Å². The number of nitrogens with zero attached hydrogens (tertiary/aromatic N) is 2. The summed E-state index contributed by atoms with van der Waals surface area (Å²) in [5, 5.41) is 0. The average molecular weight is 289 g/mol. The first-order chi connectivity index (χ1) is 10.2. The number of hydrogen-bond donors (Lipinski definition) is 1. The van der Waals surface area contributed by atoms with Crippen molar-refractivity contribution in [3.8, 4) is 17.2 Å². The van der Waals surface area contributed by atoms with Crippen molar-refractivity contribution in [3.05, 3.63) is 41.5 Å². The molecule has 2 N–H and O–H groups in total. The third-order valence-corrected chi connectivity index (χ3v) is 3.00. The Balaban J connectivity index is 2.20. The number of aromatic nitrogens is 2. The molecular weight excluding hydrogens is 270 g/mol. The summed E-state index contributed by atoms with van der Waals surface area (Å²) in [5.74, 6) is 1.83. The molecule has 112 valence electrons. The van der Waals surface area contributed by atoms with Gasteiger partial charge in [-0.05, 0) is 19.1 Å². The van der Waals surface area contributed by atoms with Gasteiger partial charge in [-0.3, -0.25) is 9.97 Å². The van der Waals surface area contributed by atoms with Crippen molar-refractivity contribution in [2.45, 2.75) is 20.1 Å². The van der Waals surface area contributed by atoms with Crippen LogP contribution < -0.4 is 19.9 Å². The van der Waals surface area contributed by atoms with Crippen molar-refractivity contribution < 1.29 is 14.2 Å². The van der Waals surface area contributed by atoms with Gasteiger partial charge in [-0.15, -0.1) is 0 Å². The molecule has 0 unspecified atom stereocenters. The normalized spacial score (nSPS) is 10.3. The molecule has 2 heterocycles. The number of ether oxygens (including phenoxy) is 3. The molecule has 2 aromatic heterocycles. The summed E-state index contributed by atoms with van der Waals surface area (Å²) in [6, 6.07) is 5.48. The standard InChI is InChI=1S/C15H19N3O3/c1-10-4-5-13(11(8-16)18-10)21-9-12-15(20-3)14(19-2)6-7-17-12/h4-7H,8-9,16H2,1-3H3. The van der Waals surface area contributed by atoms with Crippen LogP contribution in [-0.4, -0.2) is 24.2 Å². The van der Waals surface area contributed by atoms with E-state index in [1.165, 1.54) is 0 Å². The molecule has 6 heteroatoms. The van der Waals surface area contributed by atoms with Crippen LogP contribution in [0.4, 0.5) is 0 Å². The van der Waals surface area contributed by atoms with Gasteiger partial charge in [0.05, 0.1) is 19.9 Å². The van der Waals surface area contributed by atoms with Crippen LogP contribution in [0, 0.1) is 6.92 Å². The van der Waals surface area contributed by atoms with Crippen molar-refractivity contribution in [1.82, 2.24) is 9.97 Å². The number of methoxy groups -OCH3 is 2. The van der Waals surface area contributed by atoms with Gasteiger partial charge in [0, 0.05) is 24.5 Å². The van der Waals surface area contributed by atoms with Crippen LogP contribution >= 0.6 is 0 Å². The Kier molecular flexibility index (Phi) is 4.94. The zero-order valence-electron chi connectivity index (χ0n) is 12.4. The third kappa shape index (κ3) is 3.41. The van der Waals surface area contributed by atoms with E-state index in [0.29, 0.717) is 29.5 Å². The Labute approximate surface area is 123 Å².